The molecular formula is C28H26N8O2. The van der Waals surface area contributed by atoms with Gasteiger partial charge in [-0.25, -0.2) is 15.0 Å². The molecule has 0 fully saturated rings. The van der Waals surface area contributed by atoms with Gasteiger partial charge in [0.2, 0.25) is 11.8 Å². The zero-order chi connectivity index (χ0) is 26.2. The number of aromatic amines is 1. The number of carbonyl (C=O) groups is 2. The van der Waals surface area contributed by atoms with Gasteiger partial charge in [-0.05, 0) is 36.6 Å². The maximum absolute atomic E-state index is 13.0. The maximum atomic E-state index is 13.0. The van der Waals surface area contributed by atoms with Crippen LogP contribution in [0.15, 0.2) is 67.3 Å². The van der Waals surface area contributed by atoms with Gasteiger partial charge < -0.3 is 15.6 Å². The van der Waals surface area contributed by atoms with Crippen molar-refractivity contribution in [3.8, 4) is 5.82 Å². The van der Waals surface area contributed by atoms with Gasteiger partial charge >= 0.3 is 0 Å². The molecule has 5 aromatic rings. The molecule has 10 heteroatoms. The van der Waals surface area contributed by atoms with Crippen molar-refractivity contribution in [2.24, 2.45) is 0 Å². The zero-order valence-corrected chi connectivity index (χ0v) is 21.0. The Labute approximate surface area is 218 Å². The summed E-state index contributed by atoms with van der Waals surface area (Å²) >= 11 is 0. The van der Waals surface area contributed by atoms with Crippen LogP contribution in [-0.2, 0) is 9.59 Å². The second kappa shape index (κ2) is 9.55. The van der Waals surface area contributed by atoms with Gasteiger partial charge in [-0.3, -0.25) is 9.59 Å². The van der Waals surface area contributed by atoms with Crippen LogP contribution in [0.4, 0.5) is 11.5 Å². The number of fused-ring (bicyclic) bond motifs is 2. The second-order valence-electron chi connectivity index (χ2n) is 9.35. The van der Waals surface area contributed by atoms with Crippen LogP contribution >= 0.6 is 0 Å². The van der Waals surface area contributed by atoms with Gasteiger partial charge in [-0.2, -0.15) is 9.78 Å². The molecule has 4 heterocycles. The van der Waals surface area contributed by atoms with E-state index in [-0.39, 0.29) is 23.7 Å². The molecule has 0 saturated carbocycles. The molecule has 2 aromatic carbocycles. The predicted molar refractivity (Wildman–Crippen MR) is 143 cm³/mol. The van der Waals surface area contributed by atoms with E-state index in [9.17, 15) is 9.59 Å². The second-order valence-corrected chi connectivity index (χ2v) is 9.35. The summed E-state index contributed by atoms with van der Waals surface area (Å²) in [4.78, 5) is 41.6. The number of nitrogens with zero attached hydrogens (tertiary/aromatic N) is 5. The van der Waals surface area contributed by atoms with E-state index >= 15 is 0 Å². The average molecular weight is 507 g/mol. The highest BCUT2D eigenvalue weighted by Gasteiger charge is 2.33. The van der Waals surface area contributed by atoms with Crippen molar-refractivity contribution in [1.82, 2.24) is 29.7 Å². The molecule has 0 bridgehead atoms. The number of H-pyrrole nitrogens is 1. The van der Waals surface area contributed by atoms with Crippen molar-refractivity contribution in [3.63, 3.8) is 0 Å². The minimum absolute atomic E-state index is 0.0436. The van der Waals surface area contributed by atoms with Crippen molar-refractivity contribution >= 4 is 34.5 Å². The van der Waals surface area contributed by atoms with E-state index in [1.165, 1.54) is 6.33 Å². The summed E-state index contributed by atoms with van der Waals surface area (Å²) in [7, 11) is 0. The Kier molecular flexibility index (Phi) is 5.91. The first-order valence-electron chi connectivity index (χ1n) is 12.5. The lowest BCUT2D eigenvalue weighted by Crippen LogP contribution is -2.25. The summed E-state index contributed by atoms with van der Waals surface area (Å²) in [6, 6.07) is 17.5. The first-order valence-corrected chi connectivity index (χ1v) is 12.5. The average Bonchev–Trinajstić information content (AvgIpc) is 3.54. The highest BCUT2D eigenvalue weighted by atomic mass is 16.2. The molecule has 3 N–H and O–H groups in total. The number of carbonyl (C=O) groups excluding carboxylic acids is 2. The van der Waals surface area contributed by atoms with Crippen LogP contribution in [0.5, 0.6) is 0 Å². The highest BCUT2D eigenvalue weighted by Crippen LogP contribution is 2.40. The number of hydrogen-bond donors (Lipinski definition) is 3. The third-order valence-corrected chi connectivity index (χ3v) is 7.01. The lowest BCUT2D eigenvalue weighted by Gasteiger charge is -2.24. The number of amides is 2. The Balaban J connectivity index is 1.29. The molecule has 6 rings (SSSR count). The molecule has 0 spiro atoms. The molecule has 190 valence electrons. The van der Waals surface area contributed by atoms with E-state index < -0.39 is 0 Å². The van der Waals surface area contributed by atoms with E-state index in [4.69, 9.17) is 5.10 Å². The van der Waals surface area contributed by atoms with Crippen molar-refractivity contribution < 1.29 is 9.59 Å². The lowest BCUT2D eigenvalue weighted by molar-refractivity contribution is -0.118. The third-order valence-electron chi connectivity index (χ3n) is 7.01. The standard InChI is InChI=1S/C28H26N8O2/c1-3-20(17-7-5-4-6-8-17)28(38)33-19-11-9-18(10-12-19)21-13-22(37)34-26-23(21)16(2)35-36(26)27-24-25(30-14-29-24)31-15-32-27/h4-12,14-15,20-21H,3,13H2,1-2H3,(H,33,38)(H,34,37)(H,29,30,31,32)/t20-,21+/m1/s1. The Morgan fingerprint density at radius 1 is 1.11 bits per heavy atom. The molecule has 1 aliphatic rings. The zero-order valence-electron chi connectivity index (χ0n) is 21.0. The van der Waals surface area contributed by atoms with Crippen LogP contribution in [-0.4, -0.2) is 41.5 Å². The molecule has 2 atom stereocenters. The Morgan fingerprint density at radius 3 is 2.66 bits per heavy atom. The summed E-state index contributed by atoms with van der Waals surface area (Å²) in [5, 5.41) is 10.8. The van der Waals surface area contributed by atoms with Crippen LogP contribution in [0, 0.1) is 6.92 Å². The summed E-state index contributed by atoms with van der Waals surface area (Å²) in [5.41, 5.74) is 5.55. The van der Waals surface area contributed by atoms with Gasteiger partial charge in [0.15, 0.2) is 11.5 Å². The quantitative estimate of drug-likeness (QED) is 0.312. The van der Waals surface area contributed by atoms with Crippen molar-refractivity contribution in [3.05, 3.63) is 89.6 Å². The van der Waals surface area contributed by atoms with Crippen molar-refractivity contribution in [2.45, 2.75) is 38.5 Å². The van der Waals surface area contributed by atoms with Crippen LogP contribution in [0.1, 0.15) is 54.0 Å². The molecule has 0 saturated heterocycles. The monoisotopic (exact) mass is 506 g/mol. The van der Waals surface area contributed by atoms with E-state index in [2.05, 4.69) is 30.6 Å². The highest BCUT2D eigenvalue weighted by molar-refractivity contribution is 5.96. The number of imidazole rings is 1. The van der Waals surface area contributed by atoms with E-state index in [0.29, 0.717) is 41.3 Å². The van der Waals surface area contributed by atoms with Gasteiger partial charge in [-0.15, -0.1) is 0 Å². The fourth-order valence-corrected chi connectivity index (χ4v) is 5.18. The van der Waals surface area contributed by atoms with Gasteiger partial charge in [0.25, 0.3) is 0 Å². The number of aryl methyl sites for hydroxylation is 1. The number of hydrogen-bond acceptors (Lipinski definition) is 6. The summed E-state index contributed by atoms with van der Waals surface area (Å²) in [5.74, 6) is 0.535. The Morgan fingerprint density at radius 2 is 1.89 bits per heavy atom. The first kappa shape index (κ1) is 23.5. The van der Waals surface area contributed by atoms with Gasteiger partial charge in [0.1, 0.15) is 17.7 Å². The first-order chi connectivity index (χ1) is 18.5. The minimum Gasteiger partial charge on any atom is -0.340 e. The Bertz CT molecular complexity index is 1640. The number of benzene rings is 2. The van der Waals surface area contributed by atoms with Crippen LogP contribution in [0.3, 0.4) is 0 Å². The SMILES string of the molecule is CC[C@@H](C(=O)Nc1ccc([C@@H]2CC(=O)Nc3c2c(C)nn3-c2ncnc3nc[nH]c23)cc1)c1ccccc1. The number of anilines is 2. The normalized spacial score (nSPS) is 15.6. The third kappa shape index (κ3) is 4.09. The summed E-state index contributed by atoms with van der Waals surface area (Å²) < 4.78 is 1.64. The fourth-order valence-electron chi connectivity index (χ4n) is 5.18. The van der Waals surface area contributed by atoms with E-state index in [0.717, 1.165) is 22.4 Å². The van der Waals surface area contributed by atoms with E-state index in [1.807, 2.05) is 68.4 Å². The molecule has 10 nitrogen and oxygen atoms in total. The van der Waals surface area contributed by atoms with Crippen molar-refractivity contribution in [1.29, 1.82) is 0 Å². The molecule has 38 heavy (non-hydrogen) atoms. The smallest absolute Gasteiger partial charge is 0.231 e. The molecule has 3 aromatic heterocycles. The fraction of sp³-hybridized carbons (Fsp3) is 0.214. The number of aromatic nitrogens is 6. The number of rotatable bonds is 6. The van der Waals surface area contributed by atoms with E-state index in [1.54, 1.807) is 11.0 Å². The van der Waals surface area contributed by atoms with Crippen LogP contribution in [0.25, 0.3) is 17.0 Å². The topological polar surface area (TPSA) is 130 Å². The molecule has 0 unspecified atom stereocenters. The van der Waals surface area contributed by atoms with Gasteiger partial charge in [-0.1, -0.05) is 49.4 Å². The van der Waals surface area contributed by atoms with Gasteiger partial charge in [0.05, 0.1) is 17.9 Å². The predicted octanol–water partition coefficient (Wildman–Crippen LogP) is 4.45. The maximum Gasteiger partial charge on any atom is 0.231 e. The Hall–Kier alpha value is -4.86. The molecule has 0 aliphatic carbocycles. The van der Waals surface area contributed by atoms with Gasteiger partial charge in [0, 0.05) is 23.6 Å². The summed E-state index contributed by atoms with van der Waals surface area (Å²) in [6.07, 6.45) is 3.97. The molecular weight excluding hydrogens is 480 g/mol. The number of nitrogens with one attached hydrogen (secondary N) is 3. The largest absolute Gasteiger partial charge is 0.340 e. The summed E-state index contributed by atoms with van der Waals surface area (Å²) in [6.45, 7) is 3.93. The lowest BCUT2D eigenvalue weighted by atomic mass is 9.85. The van der Waals surface area contributed by atoms with Crippen LogP contribution in [0.2, 0.25) is 0 Å². The van der Waals surface area contributed by atoms with Crippen molar-refractivity contribution in [2.75, 3.05) is 10.6 Å². The molecule has 1 aliphatic heterocycles. The molecule has 0 radical (unpaired) electrons. The minimum atomic E-state index is -0.225. The van der Waals surface area contributed by atoms with Crippen LogP contribution < -0.4 is 10.6 Å². The molecule has 2 amide bonds.